The van der Waals surface area contributed by atoms with Crippen LogP contribution in [0.5, 0.6) is 0 Å². The highest BCUT2D eigenvalue weighted by atomic mass is 35.5. The van der Waals surface area contributed by atoms with Crippen molar-refractivity contribution in [3.63, 3.8) is 0 Å². The van der Waals surface area contributed by atoms with Gasteiger partial charge in [0.25, 0.3) is 5.56 Å². The number of aromatic nitrogens is 7. The van der Waals surface area contributed by atoms with Gasteiger partial charge in [0, 0.05) is 46.1 Å². The van der Waals surface area contributed by atoms with Crippen LogP contribution in [0.25, 0.3) is 28.1 Å². The predicted octanol–water partition coefficient (Wildman–Crippen LogP) is 4.90. The Kier molecular flexibility index (Phi) is 5.02. The number of hydrogen-bond acceptors (Lipinski definition) is 7. The molecule has 2 aliphatic heterocycles. The van der Waals surface area contributed by atoms with Crippen molar-refractivity contribution in [1.29, 1.82) is 0 Å². The first-order valence-corrected chi connectivity index (χ1v) is 14.0. The van der Waals surface area contributed by atoms with Crippen LogP contribution in [0.1, 0.15) is 29.9 Å². The minimum Gasteiger partial charge on any atom is -0.383 e. The summed E-state index contributed by atoms with van der Waals surface area (Å²) >= 11 is 7.86. The third-order valence-corrected chi connectivity index (χ3v) is 9.12. The molecule has 12 heteroatoms. The fraction of sp³-hybridized carbons (Fsp3) is 0.222. The Labute approximate surface area is 230 Å². The summed E-state index contributed by atoms with van der Waals surface area (Å²) in [5.41, 5.74) is 5.01. The minimum absolute atomic E-state index is 0.122. The van der Waals surface area contributed by atoms with E-state index in [0.717, 1.165) is 46.9 Å². The zero-order chi connectivity index (χ0) is 26.2. The van der Waals surface area contributed by atoms with Gasteiger partial charge >= 0.3 is 0 Å². The van der Waals surface area contributed by atoms with Gasteiger partial charge < -0.3 is 14.9 Å². The molecule has 3 aromatic heterocycles. The van der Waals surface area contributed by atoms with Crippen molar-refractivity contribution in [3.05, 3.63) is 87.7 Å². The predicted molar refractivity (Wildman–Crippen MR) is 146 cm³/mol. The molecule has 5 heterocycles. The highest BCUT2D eigenvalue weighted by molar-refractivity contribution is 7.99. The smallest absolute Gasteiger partial charge is 0.252 e. The highest BCUT2D eigenvalue weighted by Crippen LogP contribution is 2.60. The van der Waals surface area contributed by atoms with Gasteiger partial charge in [-0.2, -0.15) is 4.68 Å². The van der Waals surface area contributed by atoms with E-state index < -0.39 is 0 Å². The molecule has 9 nitrogen and oxygen atoms in total. The second-order valence-corrected chi connectivity index (χ2v) is 11.5. The average molecular weight is 559 g/mol. The van der Waals surface area contributed by atoms with Crippen LogP contribution < -0.4 is 10.9 Å². The molecule has 1 saturated carbocycles. The van der Waals surface area contributed by atoms with Crippen LogP contribution in [0, 0.1) is 11.7 Å². The zero-order valence-corrected chi connectivity index (χ0v) is 21.9. The van der Waals surface area contributed by atoms with Crippen LogP contribution in [0.15, 0.2) is 64.7 Å². The number of H-pyrrole nitrogens is 1. The van der Waals surface area contributed by atoms with E-state index in [1.165, 1.54) is 18.1 Å². The molecular weight excluding hydrogens is 539 g/mol. The second kappa shape index (κ2) is 8.52. The van der Waals surface area contributed by atoms with E-state index >= 15 is 4.39 Å². The minimum atomic E-state index is -0.252. The number of nitrogens with zero attached hydrogens (tertiary/aromatic N) is 6. The molecule has 8 rings (SSSR count). The number of pyridine rings is 1. The SMILES string of the molecule is O=c1cc(-c2cc(Cl)ccc2-n2cnnn2)cc2n1[C@H](c1ncc(-c3ccc4c(c3F)SCCN4)[nH]1)[C@H]1C[C@@H]21. The van der Waals surface area contributed by atoms with E-state index in [0.29, 0.717) is 27.0 Å². The van der Waals surface area contributed by atoms with E-state index in [1.807, 2.05) is 22.8 Å². The fourth-order valence-corrected chi connectivity index (χ4v) is 7.09. The molecule has 0 spiro atoms. The Balaban J connectivity index is 1.19. The summed E-state index contributed by atoms with van der Waals surface area (Å²) in [5.74, 6) is 1.76. The van der Waals surface area contributed by atoms with Crippen LogP contribution in [-0.4, -0.2) is 47.0 Å². The normalized spacial score (nSPS) is 20.7. The van der Waals surface area contributed by atoms with Gasteiger partial charge in [0.15, 0.2) is 0 Å². The number of hydrogen-bond donors (Lipinski definition) is 2. The van der Waals surface area contributed by atoms with Crippen LogP contribution >= 0.6 is 23.4 Å². The van der Waals surface area contributed by atoms with Gasteiger partial charge in [-0.15, -0.1) is 16.9 Å². The molecule has 2 N–H and O–H groups in total. The van der Waals surface area contributed by atoms with Gasteiger partial charge in [0.1, 0.15) is 18.0 Å². The Morgan fingerprint density at radius 1 is 1.13 bits per heavy atom. The third-order valence-electron chi connectivity index (χ3n) is 7.79. The Hall–Kier alpha value is -3.96. The lowest BCUT2D eigenvalue weighted by Gasteiger charge is -2.19. The van der Waals surface area contributed by atoms with E-state index in [-0.39, 0.29) is 29.3 Å². The number of benzene rings is 2. The van der Waals surface area contributed by atoms with Gasteiger partial charge in [-0.05, 0) is 64.7 Å². The molecule has 0 amide bonds. The molecule has 1 aliphatic carbocycles. The summed E-state index contributed by atoms with van der Waals surface area (Å²) in [7, 11) is 0. The number of rotatable bonds is 4. The van der Waals surface area contributed by atoms with E-state index in [1.54, 1.807) is 29.1 Å². The average Bonchev–Trinajstić information content (AvgIpc) is 3.28. The molecule has 0 bridgehead atoms. The second-order valence-electron chi connectivity index (χ2n) is 10.0. The molecule has 2 aromatic carbocycles. The van der Waals surface area contributed by atoms with Crippen LogP contribution in [0.3, 0.4) is 0 Å². The molecular formula is C27H20ClFN8OS. The van der Waals surface area contributed by atoms with E-state index in [9.17, 15) is 4.79 Å². The van der Waals surface area contributed by atoms with Crippen molar-refractivity contribution in [2.45, 2.75) is 23.3 Å². The lowest BCUT2D eigenvalue weighted by molar-refractivity contribution is 0.514. The van der Waals surface area contributed by atoms with Crippen molar-refractivity contribution in [3.8, 4) is 28.1 Å². The summed E-state index contributed by atoms with van der Waals surface area (Å²) < 4.78 is 18.8. The number of imidazole rings is 1. The maximum Gasteiger partial charge on any atom is 0.252 e. The zero-order valence-electron chi connectivity index (χ0n) is 20.3. The van der Waals surface area contributed by atoms with Gasteiger partial charge in [0.05, 0.1) is 34.2 Å². The summed E-state index contributed by atoms with van der Waals surface area (Å²) in [6, 6.07) is 12.6. The molecule has 0 saturated heterocycles. The number of thioether (sulfide) groups is 1. The molecule has 194 valence electrons. The van der Waals surface area contributed by atoms with Crippen LogP contribution in [0.4, 0.5) is 10.1 Å². The molecule has 3 atom stereocenters. The first-order chi connectivity index (χ1) is 19.1. The molecule has 39 heavy (non-hydrogen) atoms. The topological polar surface area (TPSA) is 106 Å². The van der Waals surface area contributed by atoms with Gasteiger partial charge in [-0.3, -0.25) is 4.79 Å². The van der Waals surface area contributed by atoms with E-state index in [2.05, 4.69) is 36.9 Å². The van der Waals surface area contributed by atoms with Crippen molar-refractivity contribution in [2.75, 3.05) is 17.6 Å². The van der Waals surface area contributed by atoms with Crippen LogP contribution in [0.2, 0.25) is 5.02 Å². The Bertz CT molecular complexity index is 1830. The number of halogens is 2. The van der Waals surface area contributed by atoms with Gasteiger partial charge in [0.2, 0.25) is 0 Å². The molecule has 5 aromatic rings. The van der Waals surface area contributed by atoms with Crippen molar-refractivity contribution < 1.29 is 4.39 Å². The molecule has 0 radical (unpaired) electrons. The van der Waals surface area contributed by atoms with Crippen LogP contribution in [-0.2, 0) is 0 Å². The lowest BCUT2D eigenvalue weighted by Crippen LogP contribution is -2.26. The number of nitrogens with one attached hydrogen (secondary N) is 2. The maximum absolute atomic E-state index is 15.4. The quantitative estimate of drug-likeness (QED) is 0.323. The van der Waals surface area contributed by atoms with Crippen molar-refractivity contribution in [2.24, 2.45) is 5.92 Å². The summed E-state index contributed by atoms with van der Waals surface area (Å²) in [6.07, 6.45) is 4.14. The number of fused-ring (bicyclic) bond motifs is 4. The third kappa shape index (κ3) is 3.56. The molecule has 3 aliphatic rings. The van der Waals surface area contributed by atoms with Crippen molar-refractivity contribution in [1.82, 2.24) is 34.7 Å². The largest absolute Gasteiger partial charge is 0.383 e. The van der Waals surface area contributed by atoms with Gasteiger partial charge in [-0.1, -0.05) is 11.6 Å². The number of aromatic amines is 1. The van der Waals surface area contributed by atoms with E-state index in [4.69, 9.17) is 11.6 Å². The highest BCUT2D eigenvalue weighted by Gasteiger charge is 2.54. The standard InChI is InChI=1S/C27H20ClFN8OS/c28-14-1-4-21(36-12-32-34-35-36)16(9-14)13-7-22-17-10-18(17)25(37(22)23(38)8-13)27-31-11-20(33-27)15-2-3-19-26(24(15)29)39-6-5-30-19/h1-4,7-9,11-12,17-18,25,30H,5-6,10H2,(H,31,33)/t17-,18+,25+/m1/s1. The van der Waals surface area contributed by atoms with Crippen molar-refractivity contribution >= 4 is 29.1 Å². The first-order valence-electron chi connectivity index (χ1n) is 12.6. The van der Waals surface area contributed by atoms with Gasteiger partial charge in [-0.25, -0.2) is 9.37 Å². The summed E-state index contributed by atoms with van der Waals surface area (Å²) in [5, 5.41) is 15.3. The first kappa shape index (κ1) is 23.0. The summed E-state index contributed by atoms with van der Waals surface area (Å²) in [4.78, 5) is 22.2. The summed E-state index contributed by atoms with van der Waals surface area (Å²) in [6.45, 7) is 0.820. The fourth-order valence-electron chi connectivity index (χ4n) is 5.98. The monoisotopic (exact) mass is 558 g/mol. The maximum atomic E-state index is 15.4. The Morgan fingerprint density at radius 2 is 2.05 bits per heavy atom. The number of tetrazole rings is 1. The molecule has 1 fully saturated rings. The molecule has 0 unspecified atom stereocenters. The Morgan fingerprint density at radius 3 is 2.92 bits per heavy atom. The number of anilines is 1. The lowest BCUT2D eigenvalue weighted by atomic mass is 10.0.